The summed E-state index contributed by atoms with van der Waals surface area (Å²) in [4.78, 5) is 18.8. The Balaban J connectivity index is 1.66. The van der Waals surface area contributed by atoms with E-state index in [4.69, 9.17) is 0 Å². The third-order valence-electron chi connectivity index (χ3n) is 4.47. The number of aromatic nitrogens is 1. The largest absolute Gasteiger partial charge is 0.305 e. The number of carbonyl (C=O) groups is 1. The van der Waals surface area contributed by atoms with Crippen molar-refractivity contribution in [2.75, 3.05) is 9.62 Å². The minimum atomic E-state index is -3.72. The summed E-state index contributed by atoms with van der Waals surface area (Å²) in [7, 11) is -3.72. The van der Waals surface area contributed by atoms with Crippen LogP contribution in [0.2, 0.25) is 0 Å². The molecule has 1 aliphatic heterocycles. The Hall–Kier alpha value is -2.71. The van der Waals surface area contributed by atoms with Crippen LogP contribution in [0.15, 0.2) is 65.0 Å². The maximum atomic E-state index is 12.9. The predicted molar refractivity (Wildman–Crippen MR) is 106 cm³/mol. The lowest BCUT2D eigenvalue weighted by Gasteiger charge is -2.23. The molecule has 3 aromatic rings. The summed E-state index contributed by atoms with van der Waals surface area (Å²) in [6, 6.07) is 13.9. The highest BCUT2D eigenvalue weighted by Crippen LogP contribution is 2.35. The van der Waals surface area contributed by atoms with E-state index >= 15 is 0 Å². The average Bonchev–Trinajstić information content (AvgIpc) is 3.27. The minimum absolute atomic E-state index is 0.0439. The number of sulfonamides is 1. The fourth-order valence-corrected chi connectivity index (χ4v) is 5.09. The molecule has 2 heterocycles. The zero-order chi connectivity index (χ0) is 19.0. The molecule has 0 bridgehead atoms. The molecule has 27 heavy (non-hydrogen) atoms. The third-order valence-corrected chi connectivity index (χ3v) is 6.62. The maximum Gasteiger partial charge on any atom is 0.263 e. The van der Waals surface area contributed by atoms with Gasteiger partial charge >= 0.3 is 0 Å². The van der Waals surface area contributed by atoms with Crippen molar-refractivity contribution < 1.29 is 13.2 Å². The number of hydrogen-bond donors (Lipinski definition) is 1. The number of fused-ring (bicyclic) bond motifs is 1. The second-order valence-electron chi connectivity index (χ2n) is 6.33. The van der Waals surface area contributed by atoms with E-state index in [1.165, 1.54) is 17.4 Å². The van der Waals surface area contributed by atoms with Gasteiger partial charge in [-0.15, -0.1) is 11.3 Å². The number of amides is 1. The molecule has 1 amide bonds. The van der Waals surface area contributed by atoms with Gasteiger partial charge in [-0.05, 0) is 49.2 Å². The molecule has 0 radical (unpaired) electrons. The Kier molecular flexibility index (Phi) is 4.45. The van der Waals surface area contributed by atoms with Crippen molar-refractivity contribution in [2.24, 2.45) is 0 Å². The molecule has 0 saturated carbocycles. The van der Waals surface area contributed by atoms with E-state index in [1.54, 1.807) is 40.7 Å². The van der Waals surface area contributed by atoms with Crippen molar-refractivity contribution in [3.05, 3.63) is 71.2 Å². The van der Waals surface area contributed by atoms with E-state index in [2.05, 4.69) is 9.71 Å². The van der Waals surface area contributed by atoms with Crippen molar-refractivity contribution in [1.29, 1.82) is 0 Å². The molecule has 1 atom stereocenters. The highest BCUT2D eigenvalue weighted by molar-refractivity contribution is 7.93. The normalized spacial score (nSPS) is 16.2. The van der Waals surface area contributed by atoms with E-state index in [0.717, 1.165) is 11.3 Å². The van der Waals surface area contributed by atoms with Crippen molar-refractivity contribution in [1.82, 2.24) is 4.98 Å². The minimum Gasteiger partial charge on any atom is -0.305 e. The van der Waals surface area contributed by atoms with Gasteiger partial charge in [-0.3, -0.25) is 9.52 Å². The molecule has 8 heteroatoms. The Morgan fingerprint density at radius 1 is 1.22 bits per heavy atom. The number of carbonyl (C=O) groups excluding carboxylic acids is 1. The lowest BCUT2D eigenvalue weighted by atomic mass is 10.1. The topological polar surface area (TPSA) is 79.4 Å². The number of benzene rings is 2. The van der Waals surface area contributed by atoms with Crippen LogP contribution in [-0.2, 0) is 16.4 Å². The summed E-state index contributed by atoms with van der Waals surface area (Å²) < 4.78 is 27.7. The van der Waals surface area contributed by atoms with Gasteiger partial charge in [0, 0.05) is 28.9 Å². The first kappa shape index (κ1) is 17.7. The maximum absolute atomic E-state index is 12.9. The number of thiazole rings is 1. The zero-order valence-electron chi connectivity index (χ0n) is 14.5. The van der Waals surface area contributed by atoms with E-state index in [9.17, 15) is 13.2 Å². The van der Waals surface area contributed by atoms with Crippen LogP contribution >= 0.6 is 11.3 Å². The van der Waals surface area contributed by atoms with Gasteiger partial charge in [0.1, 0.15) is 0 Å². The number of hydrogen-bond acceptors (Lipinski definition) is 5. The highest BCUT2D eigenvalue weighted by atomic mass is 32.2. The van der Waals surface area contributed by atoms with Crippen molar-refractivity contribution in [3.8, 4) is 0 Å². The van der Waals surface area contributed by atoms with Crippen molar-refractivity contribution >= 4 is 38.1 Å². The van der Waals surface area contributed by atoms with E-state index in [-0.39, 0.29) is 16.8 Å². The van der Waals surface area contributed by atoms with Gasteiger partial charge in [-0.2, -0.15) is 0 Å². The Labute approximate surface area is 161 Å². The number of rotatable bonds is 4. The fourth-order valence-electron chi connectivity index (χ4n) is 3.25. The number of nitrogens with one attached hydrogen (secondary N) is 1. The van der Waals surface area contributed by atoms with E-state index in [0.29, 0.717) is 17.1 Å². The smallest absolute Gasteiger partial charge is 0.263 e. The Bertz CT molecular complexity index is 1080. The molecule has 1 aromatic heterocycles. The summed E-state index contributed by atoms with van der Waals surface area (Å²) in [5.74, 6) is -0.0848. The molecule has 0 saturated heterocycles. The van der Waals surface area contributed by atoms with Crippen LogP contribution in [0.3, 0.4) is 0 Å². The van der Waals surface area contributed by atoms with E-state index < -0.39 is 10.0 Å². The Morgan fingerprint density at radius 2 is 2.00 bits per heavy atom. The lowest BCUT2D eigenvalue weighted by Crippen LogP contribution is -2.35. The van der Waals surface area contributed by atoms with Gasteiger partial charge in [-0.1, -0.05) is 18.2 Å². The average molecular weight is 399 g/mol. The standard InChI is InChI=1S/C19H17N3O3S2/c1-13-11-15-12-16(27(24,25)21-19-20-9-10-26-19)7-8-17(15)22(13)18(23)14-5-3-2-4-6-14/h2-10,12-13H,11H2,1H3,(H,20,21)/t13-/m1/s1. The summed E-state index contributed by atoms with van der Waals surface area (Å²) >= 11 is 1.22. The van der Waals surface area contributed by atoms with Crippen LogP contribution in [0.25, 0.3) is 0 Å². The molecule has 0 unspecified atom stereocenters. The van der Waals surface area contributed by atoms with Gasteiger partial charge < -0.3 is 4.90 Å². The van der Waals surface area contributed by atoms with Gasteiger partial charge in [0.25, 0.3) is 15.9 Å². The molecule has 1 aliphatic rings. The molecule has 0 fully saturated rings. The summed E-state index contributed by atoms with van der Waals surface area (Å²) in [5, 5.41) is 2.03. The first-order chi connectivity index (χ1) is 13.0. The van der Waals surface area contributed by atoms with Crippen LogP contribution in [0.1, 0.15) is 22.8 Å². The van der Waals surface area contributed by atoms with Gasteiger partial charge in [-0.25, -0.2) is 13.4 Å². The molecular weight excluding hydrogens is 382 g/mol. The molecule has 6 nitrogen and oxygen atoms in total. The molecule has 4 rings (SSSR count). The van der Waals surface area contributed by atoms with Gasteiger partial charge in [0.15, 0.2) is 5.13 Å². The Morgan fingerprint density at radius 3 is 2.70 bits per heavy atom. The summed E-state index contributed by atoms with van der Waals surface area (Å²) in [6.45, 7) is 1.96. The third kappa shape index (κ3) is 3.33. The predicted octanol–water partition coefficient (Wildman–Crippen LogP) is 3.54. The molecule has 0 spiro atoms. The second-order valence-corrected chi connectivity index (χ2v) is 8.90. The van der Waals surface area contributed by atoms with Crippen molar-refractivity contribution in [2.45, 2.75) is 24.3 Å². The van der Waals surface area contributed by atoms with Crippen LogP contribution < -0.4 is 9.62 Å². The first-order valence-corrected chi connectivity index (χ1v) is 10.8. The van der Waals surface area contributed by atoms with E-state index in [1.807, 2.05) is 25.1 Å². The molecule has 138 valence electrons. The number of nitrogens with zero attached hydrogens (tertiary/aromatic N) is 2. The SMILES string of the molecule is C[C@@H]1Cc2cc(S(=O)(=O)Nc3nccs3)ccc2N1C(=O)c1ccccc1. The van der Waals surface area contributed by atoms with Crippen molar-refractivity contribution in [3.63, 3.8) is 0 Å². The van der Waals surface area contributed by atoms with Crippen LogP contribution in [0, 0.1) is 0 Å². The van der Waals surface area contributed by atoms with Crippen LogP contribution in [0.4, 0.5) is 10.8 Å². The summed E-state index contributed by atoms with van der Waals surface area (Å²) in [6.07, 6.45) is 2.15. The monoisotopic (exact) mass is 399 g/mol. The fraction of sp³-hybridized carbons (Fsp3) is 0.158. The van der Waals surface area contributed by atoms with Gasteiger partial charge in [0.05, 0.1) is 4.90 Å². The summed E-state index contributed by atoms with van der Waals surface area (Å²) in [5.41, 5.74) is 2.21. The molecular formula is C19H17N3O3S2. The second kappa shape index (κ2) is 6.79. The quantitative estimate of drug-likeness (QED) is 0.728. The van der Waals surface area contributed by atoms with Crippen LogP contribution in [-0.4, -0.2) is 25.4 Å². The highest BCUT2D eigenvalue weighted by Gasteiger charge is 2.32. The lowest BCUT2D eigenvalue weighted by molar-refractivity contribution is 0.0981. The first-order valence-electron chi connectivity index (χ1n) is 8.39. The molecule has 0 aliphatic carbocycles. The van der Waals surface area contributed by atoms with Crippen LogP contribution in [0.5, 0.6) is 0 Å². The molecule has 2 aromatic carbocycles. The zero-order valence-corrected chi connectivity index (χ0v) is 16.1. The van der Waals surface area contributed by atoms with Gasteiger partial charge in [0.2, 0.25) is 0 Å². The molecule has 1 N–H and O–H groups in total. The number of anilines is 2.